The molecule has 1 heterocycles. The predicted molar refractivity (Wildman–Crippen MR) is 81.0 cm³/mol. The summed E-state index contributed by atoms with van der Waals surface area (Å²) in [5.74, 6) is 0.866. The topological polar surface area (TPSA) is 47.7 Å². The Morgan fingerprint density at radius 3 is 2.40 bits per heavy atom. The lowest BCUT2D eigenvalue weighted by atomic mass is 9.83. The van der Waals surface area contributed by atoms with Crippen molar-refractivity contribution in [1.82, 2.24) is 4.90 Å². The van der Waals surface area contributed by atoms with Crippen molar-refractivity contribution >= 4 is 0 Å². The molecule has 1 aliphatic rings. The van der Waals surface area contributed by atoms with Gasteiger partial charge in [-0.1, -0.05) is 19.1 Å². The van der Waals surface area contributed by atoms with Gasteiger partial charge in [-0.05, 0) is 31.0 Å². The molecule has 2 rings (SSSR count). The summed E-state index contributed by atoms with van der Waals surface area (Å²) in [5, 5.41) is 0. The lowest BCUT2D eigenvalue weighted by Gasteiger charge is -2.46. The van der Waals surface area contributed by atoms with Gasteiger partial charge in [0.15, 0.2) is 0 Å². The molecule has 1 saturated heterocycles. The minimum Gasteiger partial charge on any atom is -0.497 e. The number of benzene rings is 1. The molecule has 2 atom stereocenters. The van der Waals surface area contributed by atoms with E-state index in [-0.39, 0.29) is 11.6 Å². The average molecular weight is 278 g/mol. The summed E-state index contributed by atoms with van der Waals surface area (Å²) in [5.41, 5.74) is 7.69. The second-order valence-corrected chi connectivity index (χ2v) is 5.56. The number of nitrogens with zero attached hydrogens (tertiary/aromatic N) is 1. The Bertz CT molecular complexity index is 415. The summed E-state index contributed by atoms with van der Waals surface area (Å²) in [6.07, 6.45) is 1.01. The van der Waals surface area contributed by atoms with Gasteiger partial charge in [0.05, 0.1) is 20.3 Å². The van der Waals surface area contributed by atoms with Crippen molar-refractivity contribution in [2.75, 3.05) is 33.4 Å². The Hall–Kier alpha value is -1.10. The van der Waals surface area contributed by atoms with Crippen molar-refractivity contribution < 1.29 is 9.47 Å². The molecule has 1 aliphatic heterocycles. The highest BCUT2D eigenvalue weighted by molar-refractivity contribution is 5.30. The van der Waals surface area contributed by atoms with Crippen LogP contribution >= 0.6 is 0 Å². The zero-order valence-electron chi connectivity index (χ0n) is 12.8. The summed E-state index contributed by atoms with van der Waals surface area (Å²) >= 11 is 0. The zero-order valence-corrected chi connectivity index (χ0v) is 12.8. The lowest BCUT2D eigenvalue weighted by molar-refractivity contribution is -0.0277. The highest BCUT2D eigenvalue weighted by Gasteiger charge is 2.37. The molecule has 20 heavy (non-hydrogen) atoms. The molecule has 112 valence electrons. The van der Waals surface area contributed by atoms with Crippen LogP contribution in [0.1, 0.15) is 31.9 Å². The third-order valence-electron chi connectivity index (χ3n) is 4.59. The van der Waals surface area contributed by atoms with Gasteiger partial charge in [-0.15, -0.1) is 0 Å². The number of methoxy groups -OCH3 is 1. The molecule has 1 aromatic carbocycles. The Kier molecular flexibility index (Phi) is 5.02. The normalized spacial score (nSPS) is 21.2. The Balaban J connectivity index is 2.19. The van der Waals surface area contributed by atoms with Crippen LogP contribution in [0.2, 0.25) is 0 Å². The van der Waals surface area contributed by atoms with Crippen LogP contribution in [0.15, 0.2) is 24.3 Å². The number of ether oxygens (including phenoxy) is 2. The zero-order chi connectivity index (χ0) is 14.6. The molecule has 2 unspecified atom stereocenters. The molecule has 0 bridgehead atoms. The molecule has 0 radical (unpaired) electrons. The van der Waals surface area contributed by atoms with Gasteiger partial charge in [0.25, 0.3) is 0 Å². The summed E-state index contributed by atoms with van der Waals surface area (Å²) in [6.45, 7) is 7.96. The average Bonchev–Trinajstić information content (AvgIpc) is 2.54. The molecule has 0 aromatic heterocycles. The molecular formula is C16H26N2O2. The highest BCUT2D eigenvalue weighted by atomic mass is 16.5. The molecule has 1 fully saturated rings. The van der Waals surface area contributed by atoms with Crippen LogP contribution in [0, 0.1) is 0 Å². The fraction of sp³-hybridized carbons (Fsp3) is 0.625. The van der Waals surface area contributed by atoms with E-state index in [1.165, 1.54) is 0 Å². The highest BCUT2D eigenvalue weighted by Crippen LogP contribution is 2.33. The fourth-order valence-corrected chi connectivity index (χ4v) is 2.88. The molecule has 0 saturated carbocycles. The minimum atomic E-state index is -0.0433. The van der Waals surface area contributed by atoms with Gasteiger partial charge < -0.3 is 15.2 Å². The fourth-order valence-electron chi connectivity index (χ4n) is 2.88. The van der Waals surface area contributed by atoms with E-state index < -0.39 is 0 Å². The molecule has 0 spiro atoms. The molecule has 0 amide bonds. The standard InChI is InChI=1S/C16H26N2O2/c1-4-16(2,18-9-11-20-12-10-18)15(17)13-5-7-14(19-3)8-6-13/h5-8,15H,4,9-12,17H2,1-3H3. The first-order valence-electron chi connectivity index (χ1n) is 7.34. The maximum Gasteiger partial charge on any atom is 0.118 e. The summed E-state index contributed by atoms with van der Waals surface area (Å²) < 4.78 is 10.7. The molecular weight excluding hydrogens is 252 g/mol. The van der Waals surface area contributed by atoms with Crippen molar-refractivity contribution in [2.24, 2.45) is 5.73 Å². The van der Waals surface area contributed by atoms with Crippen LogP contribution in [0.25, 0.3) is 0 Å². The monoisotopic (exact) mass is 278 g/mol. The van der Waals surface area contributed by atoms with E-state index in [0.29, 0.717) is 0 Å². The van der Waals surface area contributed by atoms with E-state index >= 15 is 0 Å². The van der Waals surface area contributed by atoms with E-state index in [0.717, 1.165) is 44.0 Å². The van der Waals surface area contributed by atoms with Crippen LogP contribution in [0.4, 0.5) is 0 Å². The quantitative estimate of drug-likeness (QED) is 0.897. The van der Waals surface area contributed by atoms with E-state index in [2.05, 4.69) is 30.9 Å². The van der Waals surface area contributed by atoms with Crippen LogP contribution in [0.3, 0.4) is 0 Å². The van der Waals surface area contributed by atoms with E-state index in [1.54, 1.807) is 7.11 Å². The maximum absolute atomic E-state index is 6.58. The van der Waals surface area contributed by atoms with Crippen LogP contribution in [-0.4, -0.2) is 43.9 Å². The van der Waals surface area contributed by atoms with Crippen molar-refractivity contribution in [1.29, 1.82) is 0 Å². The van der Waals surface area contributed by atoms with Crippen LogP contribution in [0.5, 0.6) is 5.75 Å². The first kappa shape index (κ1) is 15.3. The van der Waals surface area contributed by atoms with Gasteiger partial charge in [-0.2, -0.15) is 0 Å². The van der Waals surface area contributed by atoms with Gasteiger partial charge in [0.1, 0.15) is 5.75 Å². The van der Waals surface area contributed by atoms with Gasteiger partial charge >= 0.3 is 0 Å². The maximum atomic E-state index is 6.58. The van der Waals surface area contributed by atoms with Crippen LogP contribution < -0.4 is 10.5 Å². The van der Waals surface area contributed by atoms with Crippen molar-refractivity contribution in [3.63, 3.8) is 0 Å². The second kappa shape index (κ2) is 6.57. The van der Waals surface area contributed by atoms with Crippen LogP contribution in [-0.2, 0) is 4.74 Å². The number of nitrogens with two attached hydrogens (primary N) is 1. The lowest BCUT2D eigenvalue weighted by Crippen LogP contribution is -2.56. The molecule has 4 heteroatoms. The van der Waals surface area contributed by atoms with Gasteiger partial charge in [-0.25, -0.2) is 0 Å². The Labute approximate surface area is 121 Å². The Morgan fingerprint density at radius 2 is 1.90 bits per heavy atom. The van der Waals surface area contributed by atoms with Gasteiger partial charge in [-0.3, -0.25) is 4.90 Å². The number of rotatable bonds is 5. The predicted octanol–water partition coefficient (Wildman–Crippen LogP) is 2.20. The van der Waals surface area contributed by atoms with Gasteiger partial charge in [0.2, 0.25) is 0 Å². The summed E-state index contributed by atoms with van der Waals surface area (Å²) in [7, 11) is 1.68. The van der Waals surface area contributed by atoms with E-state index in [4.69, 9.17) is 15.2 Å². The summed E-state index contributed by atoms with van der Waals surface area (Å²) in [6, 6.07) is 8.07. The van der Waals surface area contributed by atoms with E-state index in [1.807, 2.05) is 12.1 Å². The minimum absolute atomic E-state index is 0.0171. The van der Waals surface area contributed by atoms with Crippen molar-refractivity contribution in [3.8, 4) is 5.75 Å². The van der Waals surface area contributed by atoms with Crippen molar-refractivity contribution in [2.45, 2.75) is 31.8 Å². The number of morpholine rings is 1. The molecule has 4 nitrogen and oxygen atoms in total. The number of hydrogen-bond donors (Lipinski definition) is 1. The molecule has 1 aromatic rings. The first-order chi connectivity index (χ1) is 9.61. The summed E-state index contributed by atoms with van der Waals surface area (Å²) in [4.78, 5) is 2.46. The second-order valence-electron chi connectivity index (χ2n) is 5.56. The molecule has 0 aliphatic carbocycles. The Morgan fingerprint density at radius 1 is 1.30 bits per heavy atom. The van der Waals surface area contributed by atoms with Gasteiger partial charge in [0, 0.05) is 24.7 Å². The SMILES string of the molecule is CCC(C)(C(N)c1ccc(OC)cc1)N1CCOCC1. The smallest absolute Gasteiger partial charge is 0.118 e. The largest absolute Gasteiger partial charge is 0.497 e. The molecule has 2 N–H and O–H groups in total. The van der Waals surface area contributed by atoms with E-state index in [9.17, 15) is 0 Å². The number of hydrogen-bond acceptors (Lipinski definition) is 4. The van der Waals surface area contributed by atoms with Crippen molar-refractivity contribution in [3.05, 3.63) is 29.8 Å². The third kappa shape index (κ3) is 2.97. The third-order valence-corrected chi connectivity index (χ3v) is 4.59. The first-order valence-corrected chi connectivity index (χ1v) is 7.34.